The second kappa shape index (κ2) is 10.4. The zero-order chi connectivity index (χ0) is 23.4. The molecule has 0 bridgehead atoms. The summed E-state index contributed by atoms with van der Waals surface area (Å²) in [6.45, 7) is 4.94. The topological polar surface area (TPSA) is 69.0 Å². The lowest BCUT2D eigenvalue weighted by molar-refractivity contribution is -0.120. The molecule has 3 aromatic rings. The molecule has 3 atom stereocenters. The summed E-state index contributed by atoms with van der Waals surface area (Å²) in [5.41, 5.74) is 1.57. The zero-order valence-electron chi connectivity index (χ0n) is 18.5. The summed E-state index contributed by atoms with van der Waals surface area (Å²) >= 11 is 1.31. The number of hydrogen-bond acceptors (Lipinski definition) is 5. The molecule has 33 heavy (non-hydrogen) atoms. The number of nitrogens with one attached hydrogen (secondary N) is 1. The number of nitrogens with zero attached hydrogens (tertiary/aromatic N) is 3. The van der Waals surface area contributed by atoms with E-state index in [1.54, 1.807) is 31.2 Å². The van der Waals surface area contributed by atoms with Crippen LogP contribution in [0.25, 0.3) is 11.4 Å². The highest BCUT2D eigenvalue weighted by Crippen LogP contribution is 2.29. The Morgan fingerprint density at radius 1 is 1.12 bits per heavy atom. The third-order valence-corrected chi connectivity index (χ3v) is 6.69. The van der Waals surface area contributed by atoms with E-state index < -0.39 is 5.25 Å². The molecule has 0 radical (unpaired) electrons. The predicted molar refractivity (Wildman–Crippen MR) is 123 cm³/mol. The standard InChI is InChI=1S/C24H26F2N4O2S/c1-15(17-5-9-19(25)10-6-17)27-23(31)16(2)33-24-29-28-22(18-7-11-20(26)12-8-18)30(24)14-21-4-3-13-32-21/h5-12,15-16,21H,3-4,13-14H2,1-2H3,(H,27,31). The van der Waals surface area contributed by atoms with Gasteiger partial charge >= 0.3 is 0 Å². The minimum Gasteiger partial charge on any atom is -0.376 e. The van der Waals surface area contributed by atoms with Crippen LogP contribution in [0.15, 0.2) is 53.7 Å². The molecule has 9 heteroatoms. The van der Waals surface area contributed by atoms with E-state index >= 15 is 0 Å². The number of hydrogen-bond donors (Lipinski definition) is 1. The van der Waals surface area contributed by atoms with Crippen LogP contribution in [0.2, 0.25) is 0 Å². The quantitative estimate of drug-likeness (QED) is 0.479. The van der Waals surface area contributed by atoms with Gasteiger partial charge in [0, 0.05) is 12.2 Å². The molecule has 4 rings (SSSR count). The molecule has 3 unspecified atom stereocenters. The Kier molecular flexibility index (Phi) is 7.39. The summed E-state index contributed by atoms with van der Waals surface area (Å²) in [5, 5.41) is 11.8. The van der Waals surface area contributed by atoms with Crippen molar-refractivity contribution in [3.05, 3.63) is 65.7 Å². The van der Waals surface area contributed by atoms with E-state index in [1.807, 2.05) is 11.5 Å². The minimum atomic E-state index is -0.443. The number of carbonyl (C=O) groups excluding carboxylic acids is 1. The molecule has 1 N–H and O–H groups in total. The highest BCUT2D eigenvalue weighted by Gasteiger charge is 2.25. The first-order valence-electron chi connectivity index (χ1n) is 10.9. The predicted octanol–water partition coefficient (Wildman–Crippen LogP) is 4.76. The SMILES string of the molecule is CC(Sc1nnc(-c2ccc(F)cc2)n1CC1CCCO1)C(=O)NC(C)c1ccc(F)cc1. The molecular formula is C24H26F2N4O2S. The van der Waals surface area contributed by atoms with E-state index in [0.29, 0.717) is 17.5 Å². The zero-order valence-corrected chi connectivity index (χ0v) is 19.3. The van der Waals surface area contributed by atoms with Gasteiger partial charge in [-0.25, -0.2) is 8.78 Å². The van der Waals surface area contributed by atoms with E-state index in [9.17, 15) is 13.6 Å². The molecule has 1 aromatic heterocycles. The number of thioether (sulfide) groups is 1. The van der Waals surface area contributed by atoms with Crippen molar-refractivity contribution in [2.75, 3.05) is 6.61 Å². The van der Waals surface area contributed by atoms with Crippen LogP contribution in [0, 0.1) is 11.6 Å². The largest absolute Gasteiger partial charge is 0.376 e. The first kappa shape index (κ1) is 23.4. The van der Waals surface area contributed by atoms with Crippen molar-refractivity contribution in [3.8, 4) is 11.4 Å². The first-order chi connectivity index (χ1) is 15.9. The van der Waals surface area contributed by atoms with E-state index in [4.69, 9.17) is 4.74 Å². The Morgan fingerprint density at radius 2 is 1.79 bits per heavy atom. The summed E-state index contributed by atoms with van der Waals surface area (Å²) < 4.78 is 34.3. The van der Waals surface area contributed by atoms with Crippen LogP contribution in [0.1, 0.15) is 38.3 Å². The maximum atomic E-state index is 13.4. The van der Waals surface area contributed by atoms with Crippen LogP contribution in [-0.4, -0.2) is 38.6 Å². The molecule has 6 nitrogen and oxygen atoms in total. The Bertz CT molecular complexity index is 1080. The van der Waals surface area contributed by atoms with Crippen molar-refractivity contribution < 1.29 is 18.3 Å². The number of amides is 1. The van der Waals surface area contributed by atoms with Crippen molar-refractivity contribution in [3.63, 3.8) is 0 Å². The van der Waals surface area contributed by atoms with Crippen LogP contribution in [0.5, 0.6) is 0 Å². The summed E-state index contributed by atoms with van der Waals surface area (Å²) in [6, 6.07) is 11.9. The van der Waals surface area contributed by atoms with Gasteiger partial charge in [-0.1, -0.05) is 23.9 Å². The maximum absolute atomic E-state index is 13.4. The third-order valence-electron chi connectivity index (χ3n) is 5.61. The van der Waals surface area contributed by atoms with Crippen LogP contribution in [0.4, 0.5) is 8.78 Å². The van der Waals surface area contributed by atoms with Gasteiger partial charge < -0.3 is 10.1 Å². The maximum Gasteiger partial charge on any atom is 0.233 e. The Hall–Kier alpha value is -2.78. The fraction of sp³-hybridized carbons (Fsp3) is 0.375. The fourth-order valence-corrected chi connectivity index (χ4v) is 4.59. The van der Waals surface area contributed by atoms with Gasteiger partial charge in [0.2, 0.25) is 5.91 Å². The Morgan fingerprint density at radius 3 is 2.42 bits per heavy atom. The molecule has 2 heterocycles. The van der Waals surface area contributed by atoms with Crippen molar-refractivity contribution in [2.45, 2.75) is 55.8 Å². The lowest BCUT2D eigenvalue weighted by atomic mass is 10.1. The van der Waals surface area contributed by atoms with E-state index in [1.165, 1.54) is 36.0 Å². The molecule has 1 amide bonds. The average molecular weight is 473 g/mol. The monoisotopic (exact) mass is 472 g/mol. The molecule has 0 saturated carbocycles. The Labute approximate surface area is 195 Å². The second-order valence-electron chi connectivity index (χ2n) is 8.10. The van der Waals surface area contributed by atoms with Crippen LogP contribution < -0.4 is 5.32 Å². The summed E-state index contributed by atoms with van der Waals surface area (Å²) in [6.07, 6.45) is 1.99. The molecular weight excluding hydrogens is 446 g/mol. The van der Waals surface area contributed by atoms with Gasteiger partial charge in [0.05, 0.1) is 23.9 Å². The van der Waals surface area contributed by atoms with Gasteiger partial charge in [-0.15, -0.1) is 10.2 Å². The number of benzene rings is 2. The summed E-state index contributed by atoms with van der Waals surface area (Å²) in [4.78, 5) is 12.8. The number of ether oxygens (including phenoxy) is 1. The van der Waals surface area contributed by atoms with E-state index in [0.717, 1.165) is 30.6 Å². The molecule has 1 aliphatic heterocycles. The lowest BCUT2D eigenvalue weighted by Crippen LogP contribution is -2.33. The van der Waals surface area contributed by atoms with Crippen molar-refractivity contribution in [1.82, 2.24) is 20.1 Å². The second-order valence-corrected chi connectivity index (χ2v) is 9.41. The summed E-state index contributed by atoms with van der Waals surface area (Å²) in [5.74, 6) is -0.185. The van der Waals surface area contributed by atoms with Gasteiger partial charge in [0.1, 0.15) is 11.6 Å². The first-order valence-corrected chi connectivity index (χ1v) is 11.8. The number of halogens is 2. The van der Waals surface area contributed by atoms with Crippen LogP contribution >= 0.6 is 11.8 Å². The van der Waals surface area contributed by atoms with Gasteiger partial charge in [0.15, 0.2) is 11.0 Å². The molecule has 1 aliphatic rings. The fourth-order valence-electron chi connectivity index (χ4n) is 3.72. The van der Waals surface area contributed by atoms with Crippen molar-refractivity contribution >= 4 is 17.7 Å². The minimum absolute atomic E-state index is 0.0437. The van der Waals surface area contributed by atoms with E-state index in [2.05, 4.69) is 15.5 Å². The normalized spacial score (nSPS) is 17.6. The average Bonchev–Trinajstić information content (AvgIpc) is 3.45. The Balaban J connectivity index is 1.50. The summed E-state index contributed by atoms with van der Waals surface area (Å²) in [7, 11) is 0. The molecule has 1 fully saturated rings. The lowest BCUT2D eigenvalue weighted by Gasteiger charge is -2.19. The number of carbonyl (C=O) groups is 1. The van der Waals surface area contributed by atoms with Gasteiger partial charge in [-0.3, -0.25) is 9.36 Å². The van der Waals surface area contributed by atoms with Gasteiger partial charge in [-0.05, 0) is 68.7 Å². The third kappa shape index (κ3) is 5.78. The number of rotatable bonds is 8. The van der Waals surface area contributed by atoms with E-state index in [-0.39, 0.29) is 29.7 Å². The number of aromatic nitrogens is 3. The van der Waals surface area contributed by atoms with Crippen molar-refractivity contribution in [1.29, 1.82) is 0 Å². The van der Waals surface area contributed by atoms with Crippen LogP contribution in [-0.2, 0) is 16.1 Å². The smallest absolute Gasteiger partial charge is 0.233 e. The molecule has 174 valence electrons. The van der Waals surface area contributed by atoms with Crippen molar-refractivity contribution in [2.24, 2.45) is 0 Å². The molecule has 2 aromatic carbocycles. The van der Waals surface area contributed by atoms with Crippen LogP contribution in [0.3, 0.4) is 0 Å². The highest BCUT2D eigenvalue weighted by atomic mass is 32.2. The molecule has 1 saturated heterocycles. The molecule has 0 aliphatic carbocycles. The van der Waals surface area contributed by atoms with Gasteiger partial charge in [0.25, 0.3) is 0 Å². The highest BCUT2D eigenvalue weighted by molar-refractivity contribution is 8.00. The van der Waals surface area contributed by atoms with Gasteiger partial charge in [-0.2, -0.15) is 0 Å². The molecule has 0 spiro atoms.